The molecule has 0 spiro atoms. The van der Waals surface area contributed by atoms with E-state index in [1.807, 2.05) is 0 Å². The largest absolute Gasteiger partial charge is 0.377 e. The lowest BCUT2D eigenvalue weighted by Crippen LogP contribution is -2.34. The summed E-state index contributed by atoms with van der Waals surface area (Å²) in [6.45, 7) is 0.807. The molecule has 2 heterocycles. The highest BCUT2D eigenvalue weighted by Gasteiger charge is 2.21. The average Bonchev–Trinajstić information content (AvgIpc) is 3.28. The Labute approximate surface area is 172 Å². The fourth-order valence-corrected chi connectivity index (χ4v) is 4.33. The molecular weight excluding hydrogens is 408 g/mol. The lowest BCUT2D eigenvalue weighted by molar-refractivity contribution is 0.101. The van der Waals surface area contributed by atoms with Crippen LogP contribution in [-0.4, -0.2) is 43.2 Å². The molecule has 10 heteroatoms. The molecule has 2 aromatic carbocycles. The molecular formula is C20H20N4O5S. The molecule has 156 valence electrons. The van der Waals surface area contributed by atoms with Crippen LogP contribution in [0, 0.1) is 0 Å². The number of aromatic nitrogens is 2. The molecule has 1 aliphatic heterocycles. The van der Waals surface area contributed by atoms with Crippen molar-refractivity contribution in [1.29, 1.82) is 0 Å². The van der Waals surface area contributed by atoms with Crippen LogP contribution in [0.3, 0.4) is 0 Å². The first-order valence-electron chi connectivity index (χ1n) is 9.43. The zero-order valence-corrected chi connectivity index (χ0v) is 16.8. The van der Waals surface area contributed by atoms with Gasteiger partial charge in [0.15, 0.2) is 0 Å². The normalized spacial score (nSPS) is 16.6. The molecule has 1 fully saturated rings. The second-order valence-corrected chi connectivity index (χ2v) is 8.66. The van der Waals surface area contributed by atoms with E-state index in [1.165, 1.54) is 30.6 Å². The number of sulfonamides is 1. The van der Waals surface area contributed by atoms with Crippen LogP contribution in [0.25, 0.3) is 10.9 Å². The first-order chi connectivity index (χ1) is 14.4. The first kappa shape index (κ1) is 20.2. The molecule has 0 saturated carbocycles. The molecule has 3 aromatic rings. The summed E-state index contributed by atoms with van der Waals surface area (Å²) in [5.41, 5.74) is 2.61. The fraction of sp³-hybridized carbons (Fsp3) is 0.250. The van der Waals surface area contributed by atoms with Crippen LogP contribution in [-0.2, 0) is 14.8 Å². The third-order valence-electron chi connectivity index (χ3n) is 4.82. The lowest BCUT2D eigenvalue weighted by atomic mass is 10.2. The van der Waals surface area contributed by atoms with E-state index in [9.17, 15) is 18.0 Å². The number of rotatable bonds is 6. The average molecular weight is 428 g/mol. The van der Waals surface area contributed by atoms with E-state index < -0.39 is 21.5 Å². The molecule has 0 unspecified atom stereocenters. The van der Waals surface area contributed by atoms with Crippen molar-refractivity contribution in [2.24, 2.45) is 0 Å². The van der Waals surface area contributed by atoms with Crippen molar-refractivity contribution in [2.45, 2.75) is 23.8 Å². The monoisotopic (exact) mass is 428 g/mol. The van der Waals surface area contributed by atoms with Crippen molar-refractivity contribution in [3.63, 3.8) is 0 Å². The molecule has 1 amide bonds. The van der Waals surface area contributed by atoms with Crippen molar-refractivity contribution in [3.05, 3.63) is 70.8 Å². The van der Waals surface area contributed by atoms with E-state index in [1.54, 1.807) is 24.3 Å². The van der Waals surface area contributed by atoms with Gasteiger partial charge in [0.2, 0.25) is 10.0 Å². The summed E-state index contributed by atoms with van der Waals surface area (Å²) >= 11 is 0. The highest BCUT2D eigenvalue weighted by atomic mass is 32.2. The van der Waals surface area contributed by atoms with E-state index >= 15 is 0 Å². The topological polar surface area (TPSA) is 119 Å². The Kier molecular flexibility index (Phi) is 5.62. The highest BCUT2D eigenvalue weighted by molar-refractivity contribution is 7.89. The molecule has 9 nitrogen and oxygen atoms in total. The maximum atomic E-state index is 12.6. The minimum atomic E-state index is -3.80. The molecule has 0 radical (unpaired) electrons. The third kappa shape index (κ3) is 4.25. The van der Waals surface area contributed by atoms with Crippen LogP contribution in [0.4, 0.5) is 0 Å². The Bertz CT molecular complexity index is 1250. The molecule has 4 rings (SSSR count). The van der Waals surface area contributed by atoms with E-state index in [0.717, 1.165) is 17.5 Å². The van der Waals surface area contributed by atoms with Crippen molar-refractivity contribution in [2.75, 3.05) is 18.6 Å². The van der Waals surface area contributed by atoms with Crippen molar-refractivity contribution >= 4 is 26.8 Å². The number of hydrogen-bond acceptors (Lipinski definition) is 6. The van der Waals surface area contributed by atoms with Crippen LogP contribution in [0.5, 0.6) is 0 Å². The van der Waals surface area contributed by atoms with Gasteiger partial charge in [-0.1, -0.05) is 18.2 Å². The molecule has 0 aliphatic carbocycles. The van der Waals surface area contributed by atoms with E-state index in [-0.39, 0.29) is 23.1 Å². The molecule has 1 saturated heterocycles. The molecule has 1 atom stereocenters. The number of benzene rings is 2. The molecule has 1 aliphatic rings. The predicted molar refractivity (Wildman–Crippen MR) is 110 cm³/mol. The number of amides is 1. The maximum Gasteiger partial charge on any atom is 0.280 e. The van der Waals surface area contributed by atoms with Crippen LogP contribution >= 0.6 is 0 Å². The summed E-state index contributed by atoms with van der Waals surface area (Å²) in [7, 11) is -3.80. The summed E-state index contributed by atoms with van der Waals surface area (Å²) in [5, 5.41) is 0.356. The second-order valence-electron chi connectivity index (χ2n) is 6.89. The lowest BCUT2D eigenvalue weighted by Gasteiger charge is -2.12. The van der Waals surface area contributed by atoms with Gasteiger partial charge in [0.25, 0.3) is 11.5 Å². The van der Waals surface area contributed by atoms with Gasteiger partial charge in [-0.05, 0) is 43.2 Å². The molecule has 0 bridgehead atoms. The number of hydrogen-bond donors (Lipinski definition) is 2. The highest BCUT2D eigenvalue weighted by Crippen LogP contribution is 2.15. The Morgan fingerprint density at radius 3 is 2.83 bits per heavy atom. The Hall–Kier alpha value is -3.08. The van der Waals surface area contributed by atoms with Gasteiger partial charge < -0.3 is 4.74 Å². The quantitative estimate of drug-likeness (QED) is 0.610. The zero-order valence-electron chi connectivity index (χ0n) is 15.9. The van der Waals surface area contributed by atoms with E-state index in [0.29, 0.717) is 17.5 Å². The van der Waals surface area contributed by atoms with Crippen LogP contribution in [0.2, 0.25) is 0 Å². The minimum absolute atomic E-state index is 0.0443. The number of carbonyl (C=O) groups is 1. The van der Waals surface area contributed by atoms with Gasteiger partial charge in [0.05, 0.1) is 21.9 Å². The van der Waals surface area contributed by atoms with Gasteiger partial charge >= 0.3 is 0 Å². The van der Waals surface area contributed by atoms with Gasteiger partial charge in [-0.3, -0.25) is 15.0 Å². The predicted octanol–water partition coefficient (Wildman–Crippen LogP) is 1.24. The minimum Gasteiger partial charge on any atom is -0.377 e. The van der Waals surface area contributed by atoms with E-state index in [2.05, 4.69) is 15.1 Å². The van der Waals surface area contributed by atoms with Gasteiger partial charge in [0, 0.05) is 18.7 Å². The number of nitrogens with zero attached hydrogens (tertiary/aromatic N) is 2. The van der Waals surface area contributed by atoms with E-state index in [4.69, 9.17) is 4.74 Å². The number of carbonyl (C=O) groups excluding carboxylic acids is 1. The summed E-state index contributed by atoms with van der Waals surface area (Å²) in [4.78, 5) is 29.2. The van der Waals surface area contributed by atoms with Crippen LogP contribution in [0.15, 0.2) is 64.5 Å². The number of ether oxygens (including phenoxy) is 1. The summed E-state index contributed by atoms with van der Waals surface area (Å²) in [5.74, 6) is -0.634. The fourth-order valence-electron chi connectivity index (χ4n) is 3.22. The molecule has 2 N–H and O–H groups in total. The second kappa shape index (κ2) is 8.34. The molecule has 1 aromatic heterocycles. The van der Waals surface area contributed by atoms with Crippen LogP contribution < -0.4 is 15.7 Å². The summed E-state index contributed by atoms with van der Waals surface area (Å²) in [6, 6.07) is 12.4. The van der Waals surface area contributed by atoms with Gasteiger partial charge in [-0.2, -0.15) is 0 Å². The summed E-state index contributed by atoms with van der Waals surface area (Å²) in [6.07, 6.45) is 2.79. The van der Waals surface area contributed by atoms with Gasteiger partial charge in [0.1, 0.15) is 6.33 Å². The number of para-hydroxylation sites is 1. The zero-order chi connectivity index (χ0) is 21.1. The standard InChI is InChI=1S/C20H20N4O5S/c25-19(23-24-13-21-18-9-2-1-8-17(18)20(24)26)14-5-3-7-16(11-14)30(27,28)22-12-15-6-4-10-29-15/h1-3,5,7-9,11,13,15,22H,4,6,10,12H2,(H,23,25)/t15-/m1/s1. The first-order valence-corrected chi connectivity index (χ1v) is 10.9. The van der Waals surface area contributed by atoms with Crippen molar-refractivity contribution in [3.8, 4) is 0 Å². The Morgan fingerprint density at radius 1 is 1.20 bits per heavy atom. The van der Waals surface area contributed by atoms with Crippen molar-refractivity contribution < 1.29 is 17.9 Å². The third-order valence-corrected chi connectivity index (χ3v) is 6.24. The Balaban J connectivity index is 1.52. The maximum absolute atomic E-state index is 12.6. The van der Waals surface area contributed by atoms with Gasteiger partial charge in [-0.15, -0.1) is 0 Å². The van der Waals surface area contributed by atoms with Gasteiger partial charge in [-0.25, -0.2) is 22.8 Å². The SMILES string of the molecule is O=C(Nn1cnc2ccccc2c1=O)c1cccc(S(=O)(=O)NC[C@H]2CCCO2)c1. The molecule has 30 heavy (non-hydrogen) atoms. The number of fused-ring (bicyclic) bond motifs is 1. The number of nitrogens with one attached hydrogen (secondary N) is 2. The summed E-state index contributed by atoms with van der Waals surface area (Å²) < 4.78 is 34.0. The smallest absolute Gasteiger partial charge is 0.280 e. The van der Waals surface area contributed by atoms with Crippen molar-refractivity contribution in [1.82, 2.24) is 14.4 Å². The van der Waals surface area contributed by atoms with Crippen LogP contribution in [0.1, 0.15) is 23.2 Å². The Morgan fingerprint density at radius 2 is 2.03 bits per heavy atom.